The van der Waals surface area contributed by atoms with E-state index >= 15 is 0 Å². The second kappa shape index (κ2) is 5.02. The SMILES string of the molecule is CC(C)(N)c1nnc(NC(=O)c2cccc(F)c2)s1. The molecule has 0 aliphatic heterocycles. The van der Waals surface area contributed by atoms with Crippen molar-refractivity contribution in [2.45, 2.75) is 19.4 Å². The number of nitrogens with one attached hydrogen (secondary N) is 1. The van der Waals surface area contributed by atoms with Crippen LogP contribution in [-0.2, 0) is 5.54 Å². The maximum atomic E-state index is 13.0. The lowest BCUT2D eigenvalue weighted by Gasteiger charge is -2.12. The molecule has 0 aliphatic carbocycles. The van der Waals surface area contributed by atoms with E-state index in [4.69, 9.17) is 5.73 Å². The summed E-state index contributed by atoms with van der Waals surface area (Å²) in [5.41, 5.74) is 5.49. The molecule has 1 heterocycles. The molecule has 19 heavy (non-hydrogen) atoms. The molecule has 1 amide bonds. The van der Waals surface area contributed by atoms with Gasteiger partial charge in [0.2, 0.25) is 5.13 Å². The van der Waals surface area contributed by atoms with Gasteiger partial charge in [-0.05, 0) is 32.0 Å². The molecule has 0 atom stereocenters. The molecule has 3 N–H and O–H groups in total. The van der Waals surface area contributed by atoms with Crippen LogP contribution in [0.1, 0.15) is 29.2 Å². The number of nitrogens with zero attached hydrogens (tertiary/aromatic N) is 2. The van der Waals surface area contributed by atoms with E-state index in [9.17, 15) is 9.18 Å². The first-order valence-corrected chi connectivity index (χ1v) is 6.38. The maximum Gasteiger partial charge on any atom is 0.257 e. The first-order chi connectivity index (χ1) is 8.86. The minimum absolute atomic E-state index is 0.226. The zero-order chi connectivity index (χ0) is 14.0. The third kappa shape index (κ3) is 3.33. The zero-order valence-electron chi connectivity index (χ0n) is 10.5. The number of hydrogen-bond acceptors (Lipinski definition) is 5. The highest BCUT2D eigenvalue weighted by Crippen LogP contribution is 2.24. The van der Waals surface area contributed by atoms with Crippen molar-refractivity contribution in [1.29, 1.82) is 0 Å². The molecule has 0 spiro atoms. The van der Waals surface area contributed by atoms with E-state index in [0.717, 1.165) is 6.07 Å². The van der Waals surface area contributed by atoms with Crippen LogP contribution >= 0.6 is 11.3 Å². The van der Waals surface area contributed by atoms with Crippen LogP contribution in [0.15, 0.2) is 24.3 Å². The number of anilines is 1. The summed E-state index contributed by atoms with van der Waals surface area (Å²) in [6.07, 6.45) is 0. The van der Waals surface area contributed by atoms with E-state index in [1.165, 1.54) is 29.5 Å². The largest absolute Gasteiger partial charge is 0.320 e. The number of aromatic nitrogens is 2. The Labute approximate surface area is 113 Å². The van der Waals surface area contributed by atoms with Gasteiger partial charge in [0.1, 0.15) is 10.8 Å². The summed E-state index contributed by atoms with van der Waals surface area (Å²) >= 11 is 1.19. The number of hydrogen-bond donors (Lipinski definition) is 2. The van der Waals surface area contributed by atoms with Gasteiger partial charge in [0.25, 0.3) is 5.91 Å². The van der Waals surface area contributed by atoms with Gasteiger partial charge in [0, 0.05) is 5.56 Å². The summed E-state index contributed by atoms with van der Waals surface area (Å²) in [5.74, 6) is -0.897. The van der Waals surface area contributed by atoms with Gasteiger partial charge in [-0.2, -0.15) is 0 Å². The lowest BCUT2D eigenvalue weighted by molar-refractivity contribution is 0.102. The van der Waals surface area contributed by atoms with Crippen molar-refractivity contribution in [3.8, 4) is 0 Å². The average molecular weight is 280 g/mol. The summed E-state index contributed by atoms with van der Waals surface area (Å²) in [4.78, 5) is 11.9. The third-order valence-electron chi connectivity index (χ3n) is 2.28. The molecular formula is C12H13FN4OS. The molecule has 2 rings (SSSR count). The fraction of sp³-hybridized carbons (Fsp3) is 0.250. The smallest absolute Gasteiger partial charge is 0.257 e. The van der Waals surface area contributed by atoms with Crippen LogP contribution in [0.3, 0.4) is 0 Å². The molecule has 0 saturated heterocycles. The summed E-state index contributed by atoms with van der Waals surface area (Å²) in [6.45, 7) is 3.59. The van der Waals surface area contributed by atoms with Gasteiger partial charge in [0.05, 0.1) is 5.54 Å². The second-order valence-electron chi connectivity index (χ2n) is 4.60. The standard InChI is InChI=1S/C12H13FN4OS/c1-12(2,14)10-16-17-11(19-10)15-9(18)7-4-3-5-8(13)6-7/h3-6H,14H2,1-2H3,(H,15,17,18). The van der Waals surface area contributed by atoms with Gasteiger partial charge in [-0.1, -0.05) is 17.4 Å². The van der Waals surface area contributed by atoms with Crippen LogP contribution in [0, 0.1) is 5.82 Å². The Morgan fingerprint density at radius 3 is 2.74 bits per heavy atom. The summed E-state index contributed by atoms with van der Waals surface area (Å²) in [7, 11) is 0. The van der Waals surface area contributed by atoms with Crippen LogP contribution < -0.4 is 11.1 Å². The van der Waals surface area contributed by atoms with Crippen LogP contribution in [0.2, 0.25) is 0 Å². The lowest BCUT2D eigenvalue weighted by atomic mass is 10.1. The Hall–Kier alpha value is -1.86. The summed E-state index contributed by atoms with van der Waals surface area (Å²) in [6, 6.07) is 5.42. The monoisotopic (exact) mass is 280 g/mol. The van der Waals surface area contributed by atoms with Gasteiger partial charge < -0.3 is 5.73 Å². The van der Waals surface area contributed by atoms with Crippen molar-refractivity contribution in [3.63, 3.8) is 0 Å². The van der Waals surface area contributed by atoms with Crippen molar-refractivity contribution < 1.29 is 9.18 Å². The maximum absolute atomic E-state index is 13.0. The highest BCUT2D eigenvalue weighted by atomic mass is 32.1. The number of nitrogens with two attached hydrogens (primary N) is 1. The topological polar surface area (TPSA) is 80.9 Å². The molecule has 0 radical (unpaired) electrons. The van der Waals surface area contributed by atoms with E-state index in [0.29, 0.717) is 10.1 Å². The molecule has 5 nitrogen and oxygen atoms in total. The predicted molar refractivity (Wildman–Crippen MR) is 71.5 cm³/mol. The summed E-state index contributed by atoms with van der Waals surface area (Å²) in [5, 5.41) is 11.3. The van der Waals surface area contributed by atoms with E-state index in [2.05, 4.69) is 15.5 Å². The first-order valence-electron chi connectivity index (χ1n) is 5.56. The van der Waals surface area contributed by atoms with Gasteiger partial charge in [-0.25, -0.2) is 4.39 Å². The van der Waals surface area contributed by atoms with Crippen LogP contribution in [0.25, 0.3) is 0 Å². The van der Waals surface area contributed by atoms with Crippen LogP contribution in [0.4, 0.5) is 9.52 Å². The third-order valence-corrected chi connectivity index (χ3v) is 3.46. The summed E-state index contributed by atoms with van der Waals surface area (Å²) < 4.78 is 13.0. The number of benzene rings is 1. The zero-order valence-corrected chi connectivity index (χ0v) is 11.3. The lowest BCUT2D eigenvalue weighted by Crippen LogP contribution is -2.28. The van der Waals surface area contributed by atoms with Crippen molar-refractivity contribution in [2.24, 2.45) is 5.73 Å². The Balaban J connectivity index is 2.13. The van der Waals surface area contributed by atoms with Gasteiger partial charge >= 0.3 is 0 Å². The van der Waals surface area contributed by atoms with Gasteiger partial charge in [0.15, 0.2) is 0 Å². The van der Waals surface area contributed by atoms with Crippen molar-refractivity contribution in [1.82, 2.24) is 10.2 Å². The van der Waals surface area contributed by atoms with Crippen LogP contribution in [-0.4, -0.2) is 16.1 Å². The van der Waals surface area contributed by atoms with E-state index in [1.807, 2.05) is 0 Å². The number of halogens is 1. The fourth-order valence-electron chi connectivity index (χ4n) is 1.33. The first kappa shape index (κ1) is 13.6. The number of carbonyl (C=O) groups excluding carboxylic acids is 1. The Morgan fingerprint density at radius 2 is 2.16 bits per heavy atom. The molecule has 0 aliphatic rings. The Bertz CT molecular complexity index is 606. The molecule has 100 valence electrons. The second-order valence-corrected chi connectivity index (χ2v) is 5.58. The Morgan fingerprint density at radius 1 is 1.42 bits per heavy atom. The minimum atomic E-state index is -0.612. The molecular weight excluding hydrogens is 267 g/mol. The average Bonchev–Trinajstić information content (AvgIpc) is 2.77. The van der Waals surface area contributed by atoms with E-state index in [1.54, 1.807) is 13.8 Å². The van der Waals surface area contributed by atoms with Crippen molar-refractivity contribution >= 4 is 22.4 Å². The molecule has 7 heteroatoms. The molecule has 0 bridgehead atoms. The fourth-order valence-corrected chi connectivity index (χ4v) is 2.09. The van der Waals surface area contributed by atoms with Crippen molar-refractivity contribution in [2.75, 3.05) is 5.32 Å². The number of rotatable bonds is 3. The quantitative estimate of drug-likeness (QED) is 0.902. The number of carbonyl (C=O) groups is 1. The van der Waals surface area contributed by atoms with Crippen LogP contribution in [0.5, 0.6) is 0 Å². The van der Waals surface area contributed by atoms with Crippen molar-refractivity contribution in [3.05, 3.63) is 40.7 Å². The minimum Gasteiger partial charge on any atom is -0.320 e. The predicted octanol–water partition coefficient (Wildman–Crippen LogP) is 2.12. The molecule has 2 aromatic rings. The van der Waals surface area contributed by atoms with E-state index < -0.39 is 17.3 Å². The highest BCUT2D eigenvalue weighted by Gasteiger charge is 2.20. The highest BCUT2D eigenvalue weighted by molar-refractivity contribution is 7.15. The Kier molecular flexibility index (Phi) is 3.59. The molecule has 0 saturated carbocycles. The van der Waals surface area contributed by atoms with Gasteiger partial charge in [-0.3, -0.25) is 10.1 Å². The normalized spacial score (nSPS) is 11.4. The molecule has 1 aromatic carbocycles. The molecule has 1 aromatic heterocycles. The van der Waals surface area contributed by atoms with E-state index in [-0.39, 0.29) is 5.56 Å². The van der Waals surface area contributed by atoms with Gasteiger partial charge in [-0.15, -0.1) is 10.2 Å². The number of amides is 1. The molecule has 0 unspecified atom stereocenters. The molecule has 0 fully saturated rings.